The number of aryl methyl sites for hydroxylation is 2. The first-order chi connectivity index (χ1) is 30.4. The molecule has 4 aromatic carbocycles. The van der Waals surface area contributed by atoms with Crippen LogP contribution in [0.2, 0.25) is 10.0 Å². The van der Waals surface area contributed by atoms with Crippen LogP contribution >= 0.6 is 23.2 Å². The highest BCUT2D eigenvalue weighted by Crippen LogP contribution is 2.41. The summed E-state index contributed by atoms with van der Waals surface area (Å²) in [7, 11) is 0. The van der Waals surface area contributed by atoms with E-state index in [4.69, 9.17) is 42.1 Å². The van der Waals surface area contributed by atoms with Crippen molar-refractivity contribution in [1.29, 1.82) is 0 Å². The Balaban J connectivity index is 0.00000612. The van der Waals surface area contributed by atoms with E-state index in [0.717, 1.165) is 72.1 Å². The summed E-state index contributed by atoms with van der Waals surface area (Å²) in [6.07, 6.45) is 6.43. The number of hydrogen-bond donors (Lipinski definition) is 0. The van der Waals surface area contributed by atoms with Crippen molar-refractivity contribution >= 4 is 40.5 Å². The largest absolute Gasteiger partial charge is 1.00 e. The number of esters is 1. The van der Waals surface area contributed by atoms with Crippen molar-refractivity contribution < 1.29 is 45.3 Å². The van der Waals surface area contributed by atoms with E-state index in [1.807, 2.05) is 81.1 Å². The van der Waals surface area contributed by atoms with Crippen LogP contribution in [0.1, 0.15) is 61.9 Å². The summed E-state index contributed by atoms with van der Waals surface area (Å²) < 4.78 is 31.7. The molecule has 0 aliphatic carbocycles. The molecule has 2 aliphatic heterocycles. The number of piperazine rings is 1. The topological polar surface area (TPSA) is 122 Å². The van der Waals surface area contributed by atoms with Crippen LogP contribution in [-0.2, 0) is 33.1 Å². The molecular formula is C47H53BrCl2N8O6. The Labute approximate surface area is 393 Å². The molecule has 8 rings (SSSR count). The van der Waals surface area contributed by atoms with E-state index in [1.54, 1.807) is 34.0 Å². The van der Waals surface area contributed by atoms with E-state index in [9.17, 15) is 9.59 Å². The lowest BCUT2D eigenvalue weighted by atomic mass is 10.1. The van der Waals surface area contributed by atoms with E-state index in [1.165, 1.54) is 11.6 Å². The molecule has 0 radical (unpaired) electrons. The normalized spacial score (nSPS) is 17.9. The Morgan fingerprint density at radius 3 is 2.19 bits per heavy atom. The van der Waals surface area contributed by atoms with Gasteiger partial charge in [0.15, 0.2) is 6.54 Å². The van der Waals surface area contributed by atoms with Gasteiger partial charge in [-0.1, -0.05) is 36.2 Å². The Bertz CT molecular complexity index is 2590. The van der Waals surface area contributed by atoms with Crippen molar-refractivity contribution in [2.75, 3.05) is 49.2 Å². The third kappa shape index (κ3) is 10.5. The summed E-state index contributed by atoms with van der Waals surface area (Å²) in [5.41, 5.74) is 6.45. The summed E-state index contributed by atoms with van der Waals surface area (Å²) in [5, 5.41) is 9.91. The maximum atomic E-state index is 12.9. The highest BCUT2D eigenvalue weighted by molar-refractivity contribution is 6.35. The molecule has 4 heterocycles. The molecule has 2 fully saturated rings. The SMILES string of the molecule is CCC(C)n1ncn(-c2ccc(N3CCN(c4ccc(OCCC5COC(Cn6c[n+](Cc7cc(C)c(OC(C)=O)c(C)c7)cn6)(c6ccc(Cl)cc6Cl)O5)cc4)CC3)cc2)c1=O.[Br-]. The van der Waals surface area contributed by atoms with Gasteiger partial charge in [0, 0.05) is 66.6 Å². The van der Waals surface area contributed by atoms with Gasteiger partial charge in [-0.15, -0.1) is 4.68 Å². The van der Waals surface area contributed by atoms with Crippen molar-refractivity contribution in [3.63, 3.8) is 0 Å². The van der Waals surface area contributed by atoms with Crippen molar-refractivity contribution in [1.82, 2.24) is 24.1 Å². The third-order valence-electron chi connectivity index (χ3n) is 11.7. The van der Waals surface area contributed by atoms with Gasteiger partial charge < -0.3 is 45.7 Å². The average Bonchev–Trinajstić information content (AvgIpc) is 4.01. The minimum atomic E-state index is -1.21. The minimum absolute atomic E-state index is 0. The molecule has 6 aromatic rings. The molecule has 2 saturated heterocycles. The predicted octanol–water partition coefficient (Wildman–Crippen LogP) is 4.45. The molecule has 0 spiro atoms. The van der Waals surface area contributed by atoms with Crippen LogP contribution < -0.4 is 46.5 Å². The Morgan fingerprint density at radius 2 is 1.56 bits per heavy atom. The van der Waals surface area contributed by atoms with Crippen LogP contribution in [0.5, 0.6) is 11.5 Å². The molecule has 14 nitrogen and oxygen atoms in total. The summed E-state index contributed by atoms with van der Waals surface area (Å²) in [6.45, 7) is 14.4. The molecule has 2 aliphatic rings. The highest BCUT2D eigenvalue weighted by Gasteiger charge is 2.47. The number of benzene rings is 4. The van der Waals surface area contributed by atoms with Crippen molar-refractivity contribution in [2.45, 2.75) is 78.5 Å². The minimum Gasteiger partial charge on any atom is -1.00 e. The summed E-state index contributed by atoms with van der Waals surface area (Å²) in [6, 6.07) is 25.8. The molecule has 0 saturated carbocycles. The maximum Gasteiger partial charge on any atom is 0.350 e. The molecule has 0 amide bonds. The van der Waals surface area contributed by atoms with Crippen LogP contribution in [0.4, 0.5) is 11.4 Å². The molecule has 3 atom stereocenters. The maximum absolute atomic E-state index is 12.9. The zero-order valence-corrected chi connectivity index (χ0v) is 39.7. The number of rotatable bonds is 15. The number of hydrogen-bond acceptors (Lipinski definition) is 10. The van der Waals surface area contributed by atoms with Gasteiger partial charge in [0.05, 0.1) is 42.6 Å². The molecule has 0 N–H and O–H groups in total. The lowest BCUT2D eigenvalue weighted by Crippen LogP contribution is -3.00. The van der Waals surface area contributed by atoms with Crippen LogP contribution in [0.15, 0.2) is 103 Å². The summed E-state index contributed by atoms with van der Waals surface area (Å²) in [5.74, 6) is -0.178. The van der Waals surface area contributed by atoms with Crippen LogP contribution in [0.3, 0.4) is 0 Å². The third-order valence-corrected chi connectivity index (χ3v) is 12.3. The molecule has 64 heavy (non-hydrogen) atoms. The average molecular weight is 977 g/mol. The monoisotopic (exact) mass is 974 g/mol. The standard InChI is InChI=1S/C47H53Cl2N8O6.BrH/c1-6-34(4)57-46(59)56(30-51-57)40-10-8-38(9-11-40)53-18-20-54(21-19-53)39-12-14-41(15-13-39)60-22-17-42-27-61-47(63-42,43-16-7-37(48)25-44(43)49)28-55-31-52(29-50-55)26-36-23-32(2)45(33(3)24-36)62-35(5)58;/h7-16,23-25,29-31,34,42H,6,17-22,26-28H2,1-5H3;1H/q+1;/p-1. The van der Waals surface area contributed by atoms with E-state index in [0.29, 0.717) is 47.5 Å². The molecular weight excluding hydrogens is 923 g/mol. The molecule has 2 aromatic heterocycles. The first-order valence-corrected chi connectivity index (χ1v) is 22.1. The summed E-state index contributed by atoms with van der Waals surface area (Å²) in [4.78, 5) is 29.2. The van der Waals surface area contributed by atoms with Gasteiger partial charge in [0.2, 0.25) is 12.1 Å². The highest BCUT2D eigenvalue weighted by atomic mass is 79.9. The van der Waals surface area contributed by atoms with Gasteiger partial charge in [0.25, 0.3) is 6.33 Å². The molecule has 17 heteroatoms. The lowest BCUT2D eigenvalue weighted by molar-refractivity contribution is -0.689. The van der Waals surface area contributed by atoms with Gasteiger partial charge in [-0.2, -0.15) is 5.10 Å². The van der Waals surface area contributed by atoms with Crippen LogP contribution in [0, 0.1) is 13.8 Å². The van der Waals surface area contributed by atoms with Crippen molar-refractivity contribution in [3.8, 4) is 17.2 Å². The van der Waals surface area contributed by atoms with Crippen LogP contribution in [-0.4, -0.2) is 75.6 Å². The summed E-state index contributed by atoms with van der Waals surface area (Å²) >= 11 is 13.1. The Morgan fingerprint density at radius 1 is 0.922 bits per heavy atom. The van der Waals surface area contributed by atoms with E-state index < -0.39 is 5.79 Å². The Kier molecular flexibility index (Phi) is 14.9. The van der Waals surface area contributed by atoms with Gasteiger partial charge in [-0.3, -0.25) is 4.79 Å². The smallest absolute Gasteiger partial charge is 0.350 e. The first kappa shape index (κ1) is 46.8. The zero-order chi connectivity index (χ0) is 44.3. The number of ether oxygens (including phenoxy) is 4. The quantitative estimate of drug-likeness (QED) is 0.0830. The van der Waals surface area contributed by atoms with Gasteiger partial charge in [-0.25, -0.2) is 18.6 Å². The second-order valence-electron chi connectivity index (χ2n) is 16.3. The van der Waals surface area contributed by atoms with E-state index >= 15 is 0 Å². The number of carbonyl (C=O) groups excluding carboxylic acids is 1. The van der Waals surface area contributed by atoms with Crippen molar-refractivity contribution in [3.05, 3.63) is 141 Å². The van der Waals surface area contributed by atoms with Gasteiger partial charge in [0.1, 0.15) is 17.8 Å². The predicted molar refractivity (Wildman–Crippen MR) is 242 cm³/mol. The van der Waals surface area contributed by atoms with Crippen LogP contribution in [0.25, 0.3) is 5.69 Å². The fraction of sp³-hybridized carbons (Fsp3) is 0.383. The first-order valence-electron chi connectivity index (χ1n) is 21.3. The second-order valence-corrected chi connectivity index (χ2v) is 17.1. The zero-order valence-electron chi connectivity index (χ0n) is 36.6. The lowest BCUT2D eigenvalue weighted by Gasteiger charge is -2.37. The number of nitrogens with zero attached hydrogens (tertiary/aromatic N) is 8. The van der Waals surface area contributed by atoms with E-state index in [-0.39, 0.29) is 47.3 Å². The number of anilines is 2. The molecule has 3 unspecified atom stereocenters. The number of carbonyl (C=O) groups is 1. The number of aromatic nitrogens is 6. The van der Waals surface area contributed by atoms with Crippen molar-refractivity contribution in [2.24, 2.45) is 0 Å². The van der Waals surface area contributed by atoms with Gasteiger partial charge >= 0.3 is 11.7 Å². The molecule has 0 bridgehead atoms. The fourth-order valence-electron chi connectivity index (χ4n) is 8.28. The second kappa shape index (κ2) is 20.3. The Hall–Kier alpha value is -5.19. The van der Waals surface area contributed by atoms with Gasteiger partial charge in [-0.05, 0) is 117 Å². The molecule has 338 valence electrons. The number of halogens is 3. The fourth-order valence-corrected chi connectivity index (χ4v) is 8.83. The van der Waals surface area contributed by atoms with E-state index in [2.05, 4.69) is 44.3 Å².